The largest absolute Gasteiger partial charge is 0.416 e. The number of amidine groups is 1. The molecule has 0 saturated carbocycles. The number of alkyl halides is 3. The Labute approximate surface area is 185 Å². The van der Waals surface area contributed by atoms with Crippen molar-refractivity contribution in [3.63, 3.8) is 0 Å². The van der Waals surface area contributed by atoms with Crippen LogP contribution in [0.3, 0.4) is 0 Å². The molecule has 6 nitrogen and oxygen atoms in total. The molecule has 10 heteroatoms. The van der Waals surface area contributed by atoms with Gasteiger partial charge in [-0.1, -0.05) is 20.8 Å². The number of anilines is 2. The molecule has 1 aliphatic heterocycles. The SMILES string of the molecule is CCCN1C(CC(C)C)=NS(=O)(=O)c2cc(NC(=O)c3ccc(C(F)(F)F)cc3)ccc21. The first-order valence-electron chi connectivity index (χ1n) is 10.2. The Morgan fingerprint density at radius 3 is 2.34 bits per heavy atom. The fourth-order valence-electron chi connectivity index (χ4n) is 3.40. The van der Waals surface area contributed by atoms with Crippen molar-refractivity contribution >= 4 is 33.1 Å². The smallest absolute Gasteiger partial charge is 0.328 e. The summed E-state index contributed by atoms with van der Waals surface area (Å²) in [4.78, 5) is 14.3. The lowest BCUT2D eigenvalue weighted by Crippen LogP contribution is -2.37. The normalized spacial score (nSPS) is 15.3. The predicted octanol–water partition coefficient (Wildman–Crippen LogP) is 5.32. The van der Waals surface area contributed by atoms with Gasteiger partial charge < -0.3 is 10.2 Å². The second-order valence-electron chi connectivity index (χ2n) is 7.94. The molecule has 0 fully saturated rings. The fourth-order valence-corrected chi connectivity index (χ4v) is 4.66. The first-order chi connectivity index (χ1) is 14.9. The van der Waals surface area contributed by atoms with Gasteiger partial charge in [0.15, 0.2) is 0 Å². The van der Waals surface area contributed by atoms with Gasteiger partial charge in [-0.2, -0.15) is 21.6 Å². The van der Waals surface area contributed by atoms with Crippen LogP contribution in [0.25, 0.3) is 0 Å². The van der Waals surface area contributed by atoms with Gasteiger partial charge >= 0.3 is 6.18 Å². The molecular formula is C22H24F3N3O3S. The standard InChI is InChI=1S/C22H24F3N3O3S/c1-4-11-28-18-10-9-17(13-19(18)32(30,31)27-20(28)12-14(2)3)26-21(29)15-5-7-16(8-6-15)22(23,24)25/h5-10,13-14H,4,11-12H2,1-3H3,(H,26,29). The number of fused-ring (bicyclic) bond motifs is 1. The summed E-state index contributed by atoms with van der Waals surface area (Å²) in [5, 5.41) is 2.54. The van der Waals surface area contributed by atoms with Crippen LogP contribution in [-0.4, -0.2) is 26.7 Å². The van der Waals surface area contributed by atoms with E-state index in [1.165, 1.54) is 6.07 Å². The molecule has 172 valence electrons. The lowest BCUT2D eigenvalue weighted by Gasteiger charge is -2.31. The van der Waals surface area contributed by atoms with Crippen molar-refractivity contribution in [2.45, 2.75) is 44.7 Å². The van der Waals surface area contributed by atoms with Crippen LogP contribution in [0.1, 0.15) is 49.5 Å². The van der Waals surface area contributed by atoms with Gasteiger partial charge in [0, 0.05) is 24.2 Å². The number of hydrogen-bond acceptors (Lipinski definition) is 4. The number of benzene rings is 2. The molecule has 2 aromatic rings. The molecule has 1 amide bonds. The summed E-state index contributed by atoms with van der Waals surface area (Å²) in [6, 6.07) is 8.28. The minimum absolute atomic E-state index is 0.0171. The maximum absolute atomic E-state index is 12.8. The van der Waals surface area contributed by atoms with E-state index in [9.17, 15) is 26.4 Å². The second kappa shape index (κ2) is 8.93. The number of nitrogens with one attached hydrogen (secondary N) is 1. The Hall–Kier alpha value is -2.88. The molecule has 1 heterocycles. The van der Waals surface area contributed by atoms with E-state index in [0.717, 1.165) is 30.7 Å². The molecular weight excluding hydrogens is 443 g/mol. The van der Waals surface area contributed by atoms with Gasteiger partial charge in [-0.3, -0.25) is 4.79 Å². The maximum Gasteiger partial charge on any atom is 0.416 e. The zero-order valence-electron chi connectivity index (χ0n) is 17.9. The number of carbonyl (C=O) groups excluding carboxylic acids is 1. The minimum atomic E-state index is -4.50. The number of hydrogen-bond donors (Lipinski definition) is 1. The van der Waals surface area contributed by atoms with E-state index in [-0.39, 0.29) is 22.1 Å². The molecule has 1 N–H and O–H groups in total. The van der Waals surface area contributed by atoms with E-state index in [4.69, 9.17) is 0 Å². The summed E-state index contributed by atoms with van der Waals surface area (Å²) in [5.74, 6) is 0.0457. The quantitative estimate of drug-likeness (QED) is 0.624. The molecule has 0 radical (unpaired) electrons. The number of carbonyl (C=O) groups is 1. The number of halogens is 3. The topological polar surface area (TPSA) is 78.8 Å². The highest BCUT2D eigenvalue weighted by molar-refractivity contribution is 7.90. The van der Waals surface area contributed by atoms with Gasteiger partial charge in [0.2, 0.25) is 0 Å². The van der Waals surface area contributed by atoms with Crippen molar-refractivity contribution in [3.8, 4) is 0 Å². The van der Waals surface area contributed by atoms with Crippen molar-refractivity contribution < 1.29 is 26.4 Å². The molecule has 1 aliphatic rings. The van der Waals surface area contributed by atoms with Crippen LogP contribution >= 0.6 is 0 Å². The van der Waals surface area contributed by atoms with Crippen LogP contribution < -0.4 is 10.2 Å². The number of amides is 1. The highest BCUT2D eigenvalue weighted by Crippen LogP contribution is 2.35. The third kappa shape index (κ3) is 5.12. The summed E-state index contributed by atoms with van der Waals surface area (Å²) in [7, 11) is -3.96. The third-order valence-corrected chi connectivity index (χ3v) is 6.17. The number of sulfonamides is 1. The first-order valence-corrected chi connectivity index (χ1v) is 11.6. The van der Waals surface area contributed by atoms with E-state index in [0.29, 0.717) is 24.5 Å². The van der Waals surface area contributed by atoms with E-state index in [2.05, 4.69) is 9.71 Å². The summed E-state index contributed by atoms with van der Waals surface area (Å²) >= 11 is 0. The number of rotatable bonds is 6. The molecule has 2 aromatic carbocycles. The summed E-state index contributed by atoms with van der Waals surface area (Å²) in [6.07, 6.45) is -3.21. The Bertz CT molecular complexity index is 1140. The van der Waals surface area contributed by atoms with E-state index >= 15 is 0 Å². The van der Waals surface area contributed by atoms with Crippen molar-refractivity contribution in [1.29, 1.82) is 0 Å². The average Bonchev–Trinajstić information content (AvgIpc) is 2.70. The Morgan fingerprint density at radius 2 is 1.78 bits per heavy atom. The minimum Gasteiger partial charge on any atom is -0.328 e. The summed E-state index contributed by atoms with van der Waals surface area (Å²) in [6.45, 7) is 6.53. The van der Waals surface area contributed by atoms with Gasteiger partial charge in [-0.05, 0) is 54.8 Å². The van der Waals surface area contributed by atoms with Gasteiger partial charge in [0.1, 0.15) is 10.7 Å². The molecule has 0 aromatic heterocycles. The van der Waals surface area contributed by atoms with Crippen LogP contribution in [0.5, 0.6) is 0 Å². The van der Waals surface area contributed by atoms with E-state index < -0.39 is 27.7 Å². The monoisotopic (exact) mass is 467 g/mol. The van der Waals surface area contributed by atoms with Crippen LogP contribution in [0.2, 0.25) is 0 Å². The molecule has 0 unspecified atom stereocenters. The molecule has 0 spiro atoms. The van der Waals surface area contributed by atoms with Crippen molar-refractivity contribution in [3.05, 3.63) is 53.6 Å². The van der Waals surface area contributed by atoms with Gasteiger partial charge in [-0.15, -0.1) is 4.40 Å². The first kappa shape index (κ1) is 23.8. The lowest BCUT2D eigenvalue weighted by molar-refractivity contribution is -0.137. The summed E-state index contributed by atoms with van der Waals surface area (Å²) in [5.41, 5.74) is -0.148. The Kier molecular flexibility index (Phi) is 6.64. The molecule has 0 bridgehead atoms. The van der Waals surface area contributed by atoms with Crippen LogP contribution in [0, 0.1) is 5.92 Å². The van der Waals surface area contributed by atoms with E-state index in [1.807, 2.05) is 25.7 Å². The van der Waals surface area contributed by atoms with Gasteiger partial charge in [0.25, 0.3) is 15.9 Å². The maximum atomic E-state index is 12.8. The van der Waals surface area contributed by atoms with Crippen LogP contribution in [-0.2, 0) is 16.2 Å². The second-order valence-corrected chi connectivity index (χ2v) is 9.52. The molecule has 32 heavy (non-hydrogen) atoms. The van der Waals surface area contributed by atoms with Gasteiger partial charge in [0.05, 0.1) is 11.3 Å². The molecule has 0 saturated heterocycles. The average molecular weight is 468 g/mol. The van der Waals surface area contributed by atoms with Gasteiger partial charge in [-0.25, -0.2) is 0 Å². The predicted molar refractivity (Wildman–Crippen MR) is 118 cm³/mol. The zero-order chi connectivity index (χ0) is 23.7. The third-order valence-electron chi connectivity index (χ3n) is 4.84. The lowest BCUT2D eigenvalue weighted by atomic mass is 10.1. The molecule has 3 rings (SSSR count). The van der Waals surface area contributed by atoms with Crippen molar-refractivity contribution in [2.24, 2.45) is 10.3 Å². The van der Waals surface area contributed by atoms with Crippen LogP contribution in [0.4, 0.5) is 24.5 Å². The fraction of sp³-hybridized carbons (Fsp3) is 0.364. The highest BCUT2D eigenvalue weighted by atomic mass is 32.2. The van der Waals surface area contributed by atoms with Crippen LogP contribution in [0.15, 0.2) is 51.8 Å². The highest BCUT2D eigenvalue weighted by Gasteiger charge is 2.32. The number of nitrogens with zero attached hydrogens (tertiary/aromatic N) is 2. The van der Waals surface area contributed by atoms with Crippen molar-refractivity contribution in [1.82, 2.24) is 0 Å². The molecule has 0 atom stereocenters. The summed E-state index contributed by atoms with van der Waals surface area (Å²) < 4.78 is 67.8. The van der Waals surface area contributed by atoms with E-state index in [1.54, 1.807) is 12.1 Å². The van der Waals surface area contributed by atoms with Crippen molar-refractivity contribution in [2.75, 3.05) is 16.8 Å². The Balaban J connectivity index is 1.90. The zero-order valence-corrected chi connectivity index (χ0v) is 18.7. The molecule has 0 aliphatic carbocycles. The Morgan fingerprint density at radius 1 is 1.12 bits per heavy atom.